The molecule has 0 saturated carbocycles. The van der Waals surface area contributed by atoms with Gasteiger partial charge in [-0.15, -0.1) is 37.1 Å². The number of hydrogen-bond donors (Lipinski definition) is 2. The van der Waals surface area contributed by atoms with E-state index in [0.717, 1.165) is 32.5 Å². The fraction of sp³-hybridized carbons (Fsp3) is 0.381. The van der Waals surface area contributed by atoms with Crippen molar-refractivity contribution >= 4 is 35.6 Å². The van der Waals surface area contributed by atoms with Crippen molar-refractivity contribution in [3.63, 3.8) is 0 Å². The fourth-order valence-corrected chi connectivity index (χ4v) is 3.35. The lowest BCUT2D eigenvalue weighted by Gasteiger charge is -2.15. The summed E-state index contributed by atoms with van der Waals surface area (Å²) in [6.07, 6.45) is -2.59. The molecule has 1 heterocycles. The highest BCUT2D eigenvalue weighted by atomic mass is 127. The van der Waals surface area contributed by atoms with Crippen LogP contribution in [0.2, 0.25) is 0 Å². The van der Waals surface area contributed by atoms with Gasteiger partial charge in [-0.2, -0.15) is 0 Å². The van der Waals surface area contributed by atoms with E-state index in [4.69, 9.17) is 5.73 Å². The molecule has 1 aliphatic rings. The van der Waals surface area contributed by atoms with Crippen LogP contribution in [-0.2, 0) is 6.42 Å². The molecule has 9 heteroatoms. The largest absolute Gasteiger partial charge is 0.573 e. The molecule has 0 radical (unpaired) electrons. The fourth-order valence-electron chi connectivity index (χ4n) is 3.35. The summed E-state index contributed by atoms with van der Waals surface area (Å²) >= 11 is 0. The van der Waals surface area contributed by atoms with E-state index in [-0.39, 0.29) is 35.7 Å². The van der Waals surface area contributed by atoms with Gasteiger partial charge < -0.3 is 20.7 Å². The van der Waals surface area contributed by atoms with Gasteiger partial charge in [0.25, 0.3) is 0 Å². The third-order valence-corrected chi connectivity index (χ3v) is 4.81. The van der Waals surface area contributed by atoms with Crippen LogP contribution >= 0.6 is 24.0 Å². The lowest BCUT2D eigenvalue weighted by molar-refractivity contribution is -0.274. The highest BCUT2D eigenvalue weighted by Gasteiger charge is 2.31. The van der Waals surface area contributed by atoms with Gasteiger partial charge >= 0.3 is 6.36 Å². The zero-order valence-electron chi connectivity index (χ0n) is 16.4. The average molecular weight is 534 g/mol. The Morgan fingerprint density at radius 1 is 1.13 bits per heavy atom. The topological polar surface area (TPSA) is 62.9 Å². The number of halogens is 4. The quantitative estimate of drug-likeness (QED) is 0.312. The number of ether oxygens (including phenoxy) is 1. The molecule has 1 aliphatic heterocycles. The molecule has 0 aliphatic carbocycles. The van der Waals surface area contributed by atoms with Gasteiger partial charge in [-0.3, -0.25) is 4.99 Å². The van der Waals surface area contributed by atoms with E-state index in [1.807, 2.05) is 6.07 Å². The Kier molecular flexibility index (Phi) is 9.22. The number of alkyl halides is 3. The van der Waals surface area contributed by atoms with Crippen molar-refractivity contribution in [1.29, 1.82) is 0 Å². The molecule has 1 fully saturated rings. The summed E-state index contributed by atoms with van der Waals surface area (Å²) in [7, 11) is 0. The normalized spacial score (nSPS) is 17.4. The Morgan fingerprint density at radius 3 is 2.50 bits per heavy atom. The Morgan fingerprint density at radius 2 is 1.83 bits per heavy atom. The molecule has 1 unspecified atom stereocenters. The number of nitrogens with two attached hydrogens (primary N) is 1. The maximum absolute atomic E-state index is 12.2. The van der Waals surface area contributed by atoms with E-state index in [1.165, 1.54) is 29.8 Å². The maximum Gasteiger partial charge on any atom is 0.573 e. The lowest BCUT2D eigenvalue weighted by atomic mass is 10.1. The first-order valence-electron chi connectivity index (χ1n) is 9.56. The molecule has 0 bridgehead atoms. The van der Waals surface area contributed by atoms with E-state index in [0.29, 0.717) is 18.2 Å². The SMILES string of the molecule is I.NC(=NCC1CCN(CCc2ccccc2)C1)Nc1ccc(OC(F)(F)F)cc1. The molecular formula is C21H26F3IN4O. The molecule has 2 aromatic rings. The van der Waals surface area contributed by atoms with E-state index < -0.39 is 6.36 Å². The molecule has 2 aromatic carbocycles. The summed E-state index contributed by atoms with van der Waals surface area (Å²) in [6, 6.07) is 15.8. The van der Waals surface area contributed by atoms with E-state index in [9.17, 15) is 13.2 Å². The van der Waals surface area contributed by atoms with Crippen LogP contribution in [0.5, 0.6) is 5.75 Å². The minimum absolute atomic E-state index is 0. The van der Waals surface area contributed by atoms with Crippen LogP contribution in [0.15, 0.2) is 59.6 Å². The third-order valence-electron chi connectivity index (χ3n) is 4.81. The van der Waals surface area contributed by atoms with Crippen molar-refractivity contribution in [3.05, 3.63) is 60.2 Å². The minimum atomic E-state index is -4.70. The molecule has 5 nitrogen and oxygen atoms in total. The summed E-state index contributed by atoms with van der Waals surface area (Å²) in [5.41, 5.74) is 7.80. The Hall–Kier alpha value is -2.01. The second-order valence-electron chi connectivity index (χ2n) is 7.11. The summed E-state index contributed by atoms with van der Waals surface area (Å²) in [5, 5.41) is 2.89. The van der Waals surface area contributed by atoms with Crippen LogP contribution in [0, 0.1) is 5.92 Å². The minimum Gasteiger partial charge on any atom is -0.406 e. The summed E-state index contributed by atoms with van der Waals surface area (Å²) in [4.78, 5) is 6.82. The smallest absolute Gasteiger partial charge is 0.406 e. The molecule has 3 N–H and O–H groups in total. The molecule has 0 aromatic heterocycles. The van der Waals surface area contributed by atoms with Crippen molar-refractivity contribution < 1.29 is 17.9 Å². The van der Waals surface area contributed by atoms with Gasteiger partial charge in [-0.1, -0.05) is 30.3 Å². The second-order valence-corrected chi connectivity index (χ2v) is 7.11. The van der Waals surface area contributed by atoms with Crippen LogP contribution in [0.4, 0.5) is 18.9 Å². The lowest BCUT2D eigenvalue weighted by Crippen LogP contribution is -2.26. The van der Waals surface area contributed by atoms with Crippen molar-refractivity contribution in [1.82, 2.24) is 4.90 Å². The number of benzene rings is 2. The predicted molar refractivity (Wildman–Crippen MR) is 123 cm³/mol. The van der Waals surface area contributed by atoms with E-state index >= 15 is 0 Å². The third kappa shape index (κ3) is 8.39. The number of anilines is 1. The number of hydrogen-bond acceptors (Lipinski definition) is 3. The Balaban J connectivity index is 0.00000320. The first-order chi connectivity index (χ1) is 13.9. The van der Waals surface area contributed by atoms with Crippen molar-refractivity contribution in [2.45, 2.75) is 19.2 Å². The highest BCUT2D eigenvalue weighted by Crippen LogP contribution is 2.24. The molecule has 1 atom stereocenters. The van der Waals surface area contributed by atoms with Crippen LogP contribution in [-0.4, -0.2) is 43.4 Å². The van der Waals surface area contributed by atoms with Crippen LogP contribution in [0.1, 0.15) is 12.0 Å². The van der Waals surface area contributed by atoms with Crippen LogP contribution in [0.3, 0.4) is 0 Å². The summed E-state index contributed by atoms with van der Waals surface area (Å²) in [6.45, 7) is 3.70. The Labute approximate surface area is 191 Å². The van der Waals surface area contributed by atoms with Crippen molar-refractivity contribution in [3.8, 4) is 5.75 Å². The molecule has 0 amide bonds. The van der Waals surface area contributed by atoms with Gasteiger partial charge in [0.2, 0.25) is 0 Å². The molecule has 30 heavy (non-hydrogen) atoms. The molecule has 1 saturated heterocycles. The zero-order chi connectivity index (χ0) is 20.7. The predicted octanol–water partition coefficient (Wildman–Crippen LogP) is 4.49. The maximum atomic E-state index is 12.2. The van der Waals surface area contributed by atoms with Crippen LogP contribution < -0.4 is 15.8 Å². The van der Waals surface area contributed by atoms with Gasteiger partial charge in [0.05, 0.1) is 0 Å². The van der Waals surface area contributed by atoms with Gasteiger partial charge in [0.15, 0.2) is 5.96 Å². The molecule has 0 spiro atoms. The number of nitrogens with one attached hydrogen (secondary N) is 1. The molecule has 164 valence electrons. The van der Waals surface area contributed by atoms with Gasteiger partial charge in [0, 0.05) is 25.3 Å². The number of likely N-dealkylation sites (tertiary alicyclic amines) is 1. The number of nitrogens with zero attached hydrogens (tertiary/aromatic N) is 2. The monoisotopic (exact) mass is 534 g/mol. The average Bonchev–Trinajstić information content (AvgIpc) is 3.14. The molecular weight excluding hydrogens is 508 g/mol. The standard InChI is InChI=1S/C21H25F3N4O.HI/c22-21(23,24)29-19-8-6-18(7-9-19)27-20(25)26-14-17-11-13-28(15-17)12-10-16-4-2-1-3-5-16;/h1-9,17H,10-15H2,(H3,25,26,27);1H. The summed E-state index contributed by atoms with van der Waals surface area (Å²) < 4.78 is 40.4. The Bertz CT molecular complexity index is 800. The van der Waals surface area contributed by atoms with Crippen molar-refractivity contribution in [2.75, 3.05) is 31.5 Å². The van der Waals surface area contributed by atoms with E-state index in [1.54, 1.807) is 0 Å². The summed E-state index contributed by atoms with van der Waals surface area (Å²) in [5.74, 6) is 0.422. The van der Waals surface area contributed by atoms with Crippen LogP contribution in [0.25, 0.3) is 0 Å². The molecule has 3 rings (SSSR count). The van der Waals surface area contributed by atoms with Crippen molar-refractivity contribution in [2.24, 2.45) is 16.6 Å². The van der Waals surface area contributed by atoms with Gasteiger partial charge in [-0.05, 0) is 55.1 Å². The second kappa shape index (κ2) is 11.4. The highest BCUT2D eigenvalue weighted by molar-refractivity contribution is 14.0. The van der Waals surface area contributed by atoms with Gasteiger partial charge in [-0.25, -0.2) is 0 Å². The number of guanidine groups is 1. The first kappa shape index (κ1) is 24.3. The number of aliphatic imine (C=N–C) groups is 1. The zero-order valence-corrected chi connectivity index (χ0v) is 18.8. The number of rotatable bonds is 7. The van der Waals surface area contributed by atoms with E-state index in [2.05, 4.69) is 44.2 Å². The van der Waals surface area contributed by atoms with Gasteiger partial charge in [0.1, 0.15) is 5.75 Å². The first-order valence-corrected chi connectivity index (χ1v) is 9.56.